The lowest BCUT2D eigenvalue weighted by Crippen LogP contribution is -2.30. The maximum absolute atomic E-state index is 11.4. The van der Waals surface area contributed by atoms with Crippen molar-refractivity contribution in [3.63, 3.8) is 0 Å². The van der Waals surface area contributed by atoms with Gasteiger partial charge in [-0.05, 0) is 24.1 Å². The van der Waals surface area contributed by atoms with Gasteiger partial charge in [0, 0.05) is 17.1 Å². The van der Waals surface area contributed by atoms with Crippen LogP contribution in [0, 0.1) is 0 Å². The first-order valence-corrected chi connectivity index (χ1v) is 6.23. The minimum absolute atomic E-state index is 0.304. The molecule has 94 valence electrons. The Balaban J connectivity index is 1.73. The van der Waals surface area contributed by atoms with Gasteiger partial charge in [-0.2, -0.15) is 0 Å². The molecular formula is C12H12BrN3O2. The van der Waals surface area contributed by atoms with Crippen LogP contribution < -0.4 is 10.6 Å². The van der Waals surface area contributed by atoms with E-state index in [1.807, 2.05) is 24.3 Å². The maximum Gasteiger partial charge on any atom is 0.321 e. The molecule has 2 amide bonds. The average molecular weight is 310 g/mol. The van der Waals surface area contributed by atoms with Crippen LogP contribution in [0.25, 0.3) is 0 Å². The molecule has 0 atom stereocenters. The molecule has 0 aliphatic rings. The smallest absolute Gasteiger partial charge is 0.321 e. The van der Waals surface area contributed by atoms with Crippen LogP contribution in [0.3, 0.4) is 0 Å². The van der Waals surface area contributed by atoms with E-state index in [1.165, 1.54) is 6.20 Å². The normalized spacial score (nSPS) is 10.1. The second-order valence-corrected chi connectivity index (χ2v) is 4.55. The predicted molar refractivity (Wildman–Crippen MR) is 71.4 cm³/mol. The van der Waals surface area contributed by atoms with Crippen molar-refractivity contribution in [2.24, 2.45) is 0 Å². The molecule has 0 saturated carbocycles. The van der Waals surface area contributed by atoms with Crippen molar-refractivity contribution in [2.45, 2.75) is 6.42 Å². The fraction of sp³-hybridized carbons (Fsp3) is 0.167. The Morgan fingerprint density at radius 2 is 2.28 bits per heavy atom. The van der Waals surface area contributed by atoms with Crippen LogP contribution in [0.15, 0.2) is 45.5 Å². The Kier molecular flexibility index (Phi) is 4.35. The summed E-state index contributed by atoms with van der Waals surface area (Å²) in [6, 6.07) is 9.24. The molecule has 2 rings (SSSR count). The fourth-order valence-corrected chi connectivity index (χ4v) is 1.90. The summed E-state index contributed by atoms with van der Waals surface area (Å²) < 4.78 is 5.79. The van der Waals surface area contributed by atoms with Gasteiger partial charge in [-0.25, -0.2) is 4.79 Å². The lowest BCUT2D eigenvalue weighted by molar-refractivity contribution is 0.251. The van der Waals surface area contributed by atoms with Crippen molar-refractivity contribution in [3.8, 4) is 0 Å². The van der Waals surface area contributed by atoms with Crippen molar-refractivity contribution in [3.05, 3.63) is 46.6 Å². The molecule has 1 heterocycles. The Morgan fingerprint density at radius 1 is 1.39 bits per heavy atom. The summed E-state index contributed by atoms with van der Waals surface area (Å²) in [5, 5.41) is 8.76. The van der Waals surface area contributed by atoms with E-state index in [0.29, 0.717) is 12.4 Å². The summed E-state index contributed by atoms with van der Waals surface area (Å²) in [4.78, 5) is 11.4. The minimum Gasteiger partial charge on any atom is -0.338 e. The Hall–Kier alpha value is -1.82. The number of benzene rings is 1. The van der Waals surface area contributed by atoms with Gasteiger partial charge in [0.05, 0.1) is 6.20 Å². The molecule has 0 bridgehead atoms. The van der Waals surface area contributed by atoms with E-state index in [2.05, 4.69) is 31.7 Å². The highest BCUT2D eigenvalue weighted by molar-refractivity contribution is 9.10. The monoisotopic (exact) mass is 309 g/mol. The molecular weight excluding hydrogens is 298 g/mol. The van der Waals surface area contributed by atoms with Crippen molar-refractivity contribution in [2.75, 3.05) is 11.9 Å². The number of rotatable bonds is 4. The van der Waals surface area contributed by atoms with Gasteiger partial charge in [-0.1, -0.05) is 33.2 Å². The zero-order chi connectivity index (χ0) is 12.8. The number of nitrogens with zero attached hydrogens (tertiary/aromatic N) is 1. The first-order chi connectivity index (χ1) is 8.74. The third-order valence-corrected chi connectivity index (χ3v) is 2.76. The number of halogens is 1. The number of aromatic nitrogens is 1. The zero-order valence-electron chi connectivity index (χ0n) is 9.52. The standard InChI is InChI=1S/C12H12BrN3O2/c13-10-3-1-2-9(8-10)4-6-14-12(17)16-11-5-7-15-18-11/h1-3,5,7-8H,4,6H2,(H2,14,16,17). The van der Waals surface area contributed by atoms with Crippen LogP contribution in [0.5, 0.6) is 0 Å². The van der Waals surface area contributed by atoms with Gasteiger partial charge in [-0.15, -0.1) is 0 Å². The van der Waals surface area contributed by atoms with Crippen molar-refractivity contribution < 1.29 is 9.32 Å². The van der Waals surface area contributed by atoms with Gasteiger partial charge in [0.1, 0.15) is 0 Å². The number of urea groups is 1. The molecule has 0 unspecified atom stereocenters. The number of carbonyl (C=O) groups excluding carboxylic acids is 1. The first-order valence-electron chi connectivity index (χ1n) is 5.44. The van der Waals surface area contributed by atoms with Crippen LogP contribution >= 0.6 is 15.9 Å². The number of nitrogens with one attached hydrogen (secondary N) is 2. The van der Waals surface area contributed by atoms with Gasteiger partial charge >= 0.3 is 6.03 Å². The second kappa shape index (κ2) is 6.20. The molecule has 0 saturated heterocycles. The number of hydrogen-bond acceptors (Lipinski definition) is 3. The third-order valence-electron chi connectivity index (χ3n) is 2.26. The van der Waals surface area contributed by atoms with Gasteiger partial charge < -0.3 is 9.84 Å². The highest BCUT2D eigenvalue weighted by Gasteiger charge is 2.03. The van der Waals surface area contributed by atoms with Gasteiger partial charge in [0.2, 0.25) is 5.88 Å². The highest BCUT2D eigenvalue weighted by atomic mass is 79.9. The summed E-state index contributed by atoms with van der Waals surface area (Å²) in [7, 11) is 0. The van der Waals surface area contributed by atoms with Crippen molar-refractivity contribution in [1.29, 1.82) is 0 Å². The number of carbonyl (C=O) groups is 1. The minimum atomic E-state index is -0.304. The van der Waals surface area contributed by atoms with E-state index in [4.69, 9.17) is 4.52 Å². The Labute approximate surface area is 113 Å². The molecule has 1 aromatic carbocycles. The summed E-state index contributed by atoms with van der Waals surface area (Å²) in [5.74, 6) is 0.329. The van der Waals surface area contributed by atoms with E-state index < -0.39 is 0 Å². The largest absolute Gasteiger partial charge is 0.338 e. The van der Waals surface area contributed by atoms with Crippen molar-refractivity contribution >= 4 is 27.8 Å². The van der Waals surface area contributed by atoms with E-state index in [0.717, 1.165) is 16.5 Å². The highest BCUT2D eigenvalue weighted by Crippen LogP contribution is 2.11. The lowest BCUT2D eigenvalue weighted by atomic mass is 10.1. The molecule has 0 fully saturated rings. The van der Waals surface area contributed by atoms with E-state index in [1.54, 1.807) is 6.07 Å². The average Bonchev–Trinajstić information content (AvgIpc) is 2.82. The molecule has 0 aliphatic heterocycles. The lowest BCUT2D eigenvalue weighted by Gasteiger charge is -2.05. The maximum atomic E-state index is 11.4. The quantitative estimate of drug-likeness (QED) is 0.912. The number of anilines is 1. The molecule has 6 heteroatoms. The summed E-state index contributed by atoms with van der Waals surface area (Å²) in [6.07, 6.45) is 2.24. The molecule has 5 nitrogen and oxygen atoms in total. The summed E-state index contributed by atoms with van der Waals surface area (Å²) in [6.45, 7) is 0.552. The molecule has 2 N–H and O–H groups in total. The molecule has 0 spiro atoms. The second-order valence-electron chi connectivity index (χ2n) is 3.64. The van der Waals surface area contributed by atoms with Crippen LogP contribution in [0.1, 0.15) is 5.56 Å². The molecule has 18 heavy (non-hydrogen) atoms. The van der Waals surface area contributed by atoms with Crippen LogP contribution in [0.4, 0.5) is 10.7 Å². The van der Waals surface area contributed by atoms with Crippen LogP contribution in [-0.4, -0.2) is 17.7 Å². The topological polar surface area (TPSA) is 67.2 Å². The number of amides is 2. The first kappa shape index (κ1) is 12.6. The molecule has 0 aliphatic carbocycles. The zero-order valence-corrected chi connectivity index (χ0v) is 11.1. The Bertz CT molecular complexity index is 514. The Morgan fingerprint density at radius 3 is 3.00 bits per heavy atom. The fourth-order valence-electron chi connectivity index (χ4n) is 1.45. The van der Waals surface area contributed by atoms with E-state index in [-0.39, 0.29) is 6.03 Å². The summed E-state index contributed by atoms with van der Waals surface area (Å²) in [5.41, 5.74) is 1.16. The van der Waals surface area contributed by atoms with Gasteiger partial charge in [0.15, 0.2) is 0 Å². The third kappa shape index (κ3) is 3.89. The molecule has 0 radical (unpaired) electrons. The molecule has 1 aromatic heterocycles. The van der Waals surface area contributed by atoms with Gasteiger partial charge in [-0.3, -0.25) is 5.32 Å². The SMILES string of the molecule is O=C(NCCc1cccc(Br)c1)Nc1ccno1. The van der Waals surface area contributed by atoms with Gasteiger partial charge in [0.25, 0.3) is 0 Å². The van der Waals surface area contributed by atoms with Crippen LogP contribution in [-0.2, 0) is 6.42 Å². The van der Waals surface area contributed by atoms with Crippen molar-refractivity contribution in [1.82, 2.24) is 10.5 Å². The predicted octanol–water partition coefficient (Wildman–Crippen LogP) is 2.80. The van der Waals surface area contributed by atoms with E-state index >= 15 is 0 Å². The number of hydrogen-bond donors (Lipinski definition) is 2. The van der Waals surface area contributed by atoms with Crippen LogP contribution in [0.2, 0.25) is 0 Å². The molecule has 2 aromatic rings. The summed E-state index contributed by atoms with van der Waals surface area (Å²) >= 11 is 3.40. The van der Waals surface area contributed by atoms with E-state index in [9.17, 15) is 4.79 Å².